The lowest BCUT2D eigenvalue weighted by Gasteiger charge is -1.99. The minimum atomic E-state index is -0.169. The minimum Gasteiger partial charge on any atom is -0.388 e. The first-order valence-electron chi connectivity index (χ1n) is 4.70. The van der Waals surface area contributed by atoms with Crippen LogP contribution in [-0.2, 0) is 11.4 Å². The van der Waals surface area contributed by atoms with E-state index in [4.69, 9.17) is 9.63 Å². The van der Waals surface area contributed by atoms with Gasteiger partial charge in [0.15, 0.2) is 5.76 Å². The van der Waals surface area contributed by atoms with Gasteiger partial charge in [-0.3, -0.25) is 4.79 Å². The van der Waals surface area contributed by atoms with Crippen molar-refractivity contribution in [1.29, 1.82) is 0 Å². The summed E-state index contributed by atoms with van der Waals surface area (Å²) in [7, 11) is 0. The summed E-state index contributed by atoms with van der Waals surface area (Å²) in [5, 5.41) is 15.2. The number of amides is 1. The van der Waals surface area contributed by atoms with Crippen molar-refractivity contribution in [3.63, 3.8) is 0 Å². The normalized spacial score (nSPS) is 10.1. The van der Waals surface area contributed by atoms with Crippen LogP contribution in [0.15, 0.2) is 34.9 Å². The number of hydrogen-bond acceptors (Lipinski definition) is 4. The van der Waals surface area contributed by atoms with Gasteiger partial charge in [0.25, 0.3) is 0 Å². The van der Waals surface area contributed by atoms with Crippen LogP contribution in [0.25, 0.3) is 11.3 Å². The Bertz CT molecular complexity index is 476. The van der Waals surface area contributed by atoms with Gasteiger partial charge in [-0.25, -0.2) is 0 Å². The highest BCUT2D eigenvalue weighted by molar-refractivity contribution is 5.73. The molecule has 0 bridgehead atoms. The molecular formula is C11H10N2O3. The van der Waals surface area contributed by atoms with E-state index in [2.05, 4.69) is 10.5 Å². The molecule has 5 nitrogen and oxygen atoms in total. The fraction of sp³-hybridized carbons (Fsp3) is 0.0909. The molecule has 2 aromatic rings. The summed E-state index contributed by atoms with van der Waals surface area (Å²) < 4.78 is 4.87. The van der Waals surface area contributed by atoms with Crippen LogP contribution in [0.2, 0.25) is 0 Å². The molecule has 2 rings (SSSR count). The van der Waals surface area contributed by atoms with Crippen molar-refractivity contribution in [3.8, 4) is 11.3 Å². The minimum absolute atomic E-state index is 0.169. The number of carbonyl (C=O) groups excluding carboxylic acids is 1. The van der Waals surface area contributed by atoms with Crippen LogP contribution in [-0.4, -0.2) is 16.7 Å². The predicted molar refractivity (Wildman–Crippen MR) is 57.5 cm³/mol. The van der Waals surface area contributed by atoms with E-state index in [-0.39, 0.29) is 6.61 Å². The monoisotopic (exact) mass is 218 g/mol. The molecule has 0 aliphatic rings. The molecule has 1 amide bonds. The van der Waals surface area contributed by atoms with E-state index in [0.29, 0.717) is 23.6 Å². The van der Waals surface area contributed by atoms with E-state index >= 15 is 0 Å². The smallest absolute Gasteiger partial charge is 0.211 e. The summed E-state index contributed by atoms with van der Waals surface area (Å²) in [6, 6.07) is 8.81. The first-order chi connectivity index (χ1) is 7.83. The van der Waals surface area contributed by atoms with Crippen molar-refractivity contribution in [2.45, 2.75) is 6.61 Å². The number of aliphatic hydroxyl groups is 1. The van der Waals surface area contributed by atoms with Crippen molar-refractivity contribution in [3.05, 3.63) is 36.1 Å². The molecular weight excluding hydrogens is 208 g/mol. The molecule has 0 atom stereocenters. The molecule has 5 heteroatoms. The SMILES string of the molecule is O=CNc1ccc(-c2cc(CO)on2)cc1. The molecule has 1 aromatic carbocycles. The topological polar surface area (TPSA) is 75.4 Å². The Hall–Kier alpha value is -2.14. The molecule has 82 valence electrons. The van der Waals surface area contributed by atoms with Crippen molar-refractivity contribution in [2.24, 2.45) is 0 Å². The lowest BCUT2D eigenvalue weighted by Crippen LogP contribution is -1.92. The third kappa shape index (κ3) is 2.09. The van der Waals surface area contributed by atoms with Crippen molar-refractivity contribution in [1.82, 2.24) is 5.16 Å². The molecule has 1 heterocycles. The lowest BCUT2D eigenvalue weighted by molar-refractivity contribution is -0.105. The van der Waals surface area contributed by atoms with Gasteiger partial charge in [0.2, 0.25) is 6.41 Å². The van der Waals surface area contributed by atoms with E-state index in [9.17, 15) is 4.79 Å². The number of nitrogens with zero attached hydrogens (tertiary/aromatic N) is 1. The van der Waals surface area contributed by atoms with Crippen molar-refractivity contribution >= 4 is 12.1 Å². The van der Waals surface area contributed by atoms with Crippen LogP contribution in [0.4, 0.5) is 5.69 Å². The molecule has 0 radical (unpaired) electrons. The lowest BCUT2D eigenvalue weighted by atomic mass is 10.1. The summed E-state index contributed by atoms with van der Waals surface area (Å²) in [6.07, 6.45) is 0.620. The van der Waals surface area contributed by atoms with Gasteiger partial charge in [0, 0.05) is 17.3 Å². The summed E-state index contributed by atoms with van der Waals surface area (Å²) in [5.41, 5.74) is 2.23. The molecule has 0 aliphatic heterocycles. The van der Waals surface area contributed by atoms with Gasteiger partial charge in [-0.15, -0.1) is 0 Å². The van der Waals surface area contributed by atoms with Gasteiger partial charge < -0.3 is 14.9 Å². The second-order valence-electron chi connectivity index (χ2n) is 3.18. The highest BCUT2D eigenvalue weighted by atomic mass is 16.5. The fourth-order valence-electron chi connectivity index (χ4n) is 1.33. The third-order valence-electron chi connectivity index (χ3n) is 2.12. The Kier molecular flexibility index (Phi) is 2.98. The van der Waals surface area contributed by atoms with Gasteiger partial charge in [-0.05, 0) is 12.1 Å². The molecule has 16 heavy (non-hydrogen) atoms. The number of aliphatic hydroxyl groups excluding tert-OH is 1. The molecule has 1 aromatic heterocycles. The number of anilines is 1. The molecule has 0 unspecified atom stereocenters. The Labute approximate surface area is 91.7 Å². The number of rotatable bonds is 4. The zero-order valence-corrected chi connectivity index (χ0v) is 8.38. The third-order valence-corrected chi connectivity index (χ3v) is 2.12. The van der Waals surface area contributed by atoms with Crippen LogP contribution < -0.4 is 5.32 Å². The number of hydrogen-bond donors (Lipinski definition) is 2. The number of aromatic nitrogens is 1. The van der Waals surface area contributed by atoms with Crippen LogP contribution >= 0.6 is 0 Å². The van der Waals surface area contributed by atoms with E-state index in [0.717, 1.165) is 5.56 Å². The number of carbonyl (C=O) groups is 1. The zero-order chi connectivity index (χ0) is 11.4. The Morgan fingerprint density at radius 1 is 1.38 bits per heavy atom. The Balaban J connectivity index is 2.23. The van der Waals surface area contributed by atoms with Crippen LogP contribution in [0.5, 0.6) is 0 Å². The molecule has 0 saturated heterocycles. The molecule has 0 fully saturated rings. The van der Waals surface area contributed by atoms with Gasteiger partial charge >= 0.3 is 0 Å². The van der Waals surface area contributed by atoms with Gasteiger partial charge in [-0.2, -0.15) is 0 Å². The zero-order valence-electron chi connectivity index (χ0n) is 8.38. The number of benzene rings is 1. The van der Waals surface area contributed by atoms with Crippen LogP contribution in [0.1, 0.15) is 5.76 Å². The van der Waals surface area contributed by atoms with Gasteiger partial charge in [0.05, 0.1) is 0 Å². The van der Waals surface area contributed by atoms with Crippen molar-refractivity contribution < 1.29 is 14.4 Å². The summed E-state index contributed by atoms with van der Waals surface area (Å²) >= 11 is 0. The largest absolute Gasteiger partial charge is 0.388 e. The van der Waals surface area contributed by atoms with Gasteiger partial charge in [-0.1, -0.05) is 17.3 Å². The quantitative estimate of drug-likeness (QED) is 0.760. The number of nitrogens with one attached hydrogen (secondary N) is 1. The fourth-order valence-corrected chi connectivity index (χ4v) is 1.33. The molecule has 0 saturated carbocycles. The Morgan fingerprint density at radius 2 is 2.12 bits per heavy atom. The highest BCUT2D eigenvalue weighted by Crippen LogP contribution is 2.20. The summed E-state index contributed by atoms with van der Waals surface area (Å²) in [5.74, 6) is 0.421. The van der Waals surface area contributed by atoms with Crippen molar-refractivity contribution in [2.75, 3.05) is 5.32 Å². The second-order valence-corrected chi connectivity index (χ2v) is 3.18. The highest BCUT2D eigenvalue weighted by Gasteiger charge is 2.05. The van der Waals surface area contributed by atoms with E-state index in [1.165, 1.54) is 0 Å². The maximum atomic E-state index is 10.2. The van der Waals surface area contributed by atoms with E-state index in [1.807, 2.05) is 12.1 Å². The first kappa shape index (κ1) is 10.4. The van der Waals surface area contributed by atoms with E-state index < -0.39 is 0 Å². The maximum absolute atomic E-state index is 10.2. The second kappa shape index (κ2) is 4.59. The molecule has 2 N–H and O–H groups in total. The maximum Gasteiger partial charge on any atom is 0.211 e. The standard InChI is InChI=1S/C11H10N2O3/c14-6-10-5-11(13-16-10)8-1-3-9(4-2-8)12-7-15/h1-5,7,14H,6H2,(H,12,15). The Morgan fingerprint density at radius 3 is 2.69 bits per heavy atom. The molecule has 0 aliphatic carbocycles. The predicted octanol–water partition coefficient (Wildman–Crippen LogP) is 1.40. The van der Waals surface area contributed by atoms with Crippen LogP contribution in [0, 0.1) is 0 Å². The average Bonchev–Trinajstić information content (AvgIpc) is 2.79. The first-order valence-corrected chi connectivity index (χ1v) is 4.70. The van der Waals surface area contributed by atoms with E-state index in [1.54, 1.807) is 18.2 Å². The van der Waals surface area contributed by atoms with Crippen LogP contribution in [0.3, 0.4) is 0 Å². The average molecular weight is 218 g/mol. The molecule has 0 spiro atoms. The summed E-state index contributed by atoms with van der Waals surface area (Å²) in [4.78, 5) is 10.2. The van der Waals surface area contributed by atoms with Gasteiger partial charge in [0.1, 0.15) is 12.3 Å². The summed E-state index contributed by atoms with van der Waals surface area (Å²) in [6.45, 7) is -0.169.